The van der Waals surface area contributed by atoms with Crippen molar-refractivity contribution in [2.24, 2.45) is 41.2 Å². The van der Waals surface area contributed by atoms with Gasteiger partial charge in [0, 0.05) is 24.8 Å². The first kappa shape index (κ1) is 16.4. The minimum absolute atomic E-state index is 0.165. The van der Waals surface area contributed by atoms with Crippen LogP contribution in [0.2, 0.25) is 0 Å². The number of rotatable bonds is 5. The number of benzene rings is 1. The van der Waals surface area contributed by atoms with E-state index in [9.17, 15) is 0 Å². The van der Waals surface area contributed by atoms with E-state index in [0.717, 1.165) is 36.0 Å². The molecule has 0 spiro atoms. The maximum atomic E-state index is 6.52. The molecule has 132 valence electrons. The standard InChI is InChI=1S/C22H34N2/c1-14(2)12-20(23)17-6-4-5-7-21(17)24-10-8-16(9-11-24)19-13-18-15(3)22(18)19/h4-7,14-16,18-20,22H,8-13,23H2,1-3H3. The Morgan fingerprint density at radius 1 is 1.12 bits per heavy atom. The molecule has 0 aromatic heterocycles. The Morgan fingerprint density at radius 3 is 2.42 bits per heavy atom. The molecule has 2 nitrogen and oxygen atoms in total. The summed E-state index contributed by atoms with van der Waals surface area (Å²) >= 11 is 0. The Bertz CT molecular complexity index is 569. The summed E-state index contributed by atoms with van der Waals surface area (Å²) in [7, 11) is 0. The maximum absolute atomic E-state index is 6.52. The van der Waals surface area contributed by atoms with Crippen LogP contribution in [-0.4, -0.2) is 13.1 Å². The van der Waals surface area contributed by atoms with Gasteiger partial charge in [0.2, 0.25) is 0 Å². The molecule has 1 saturated heterocycles. The number of anilines is 1. The quantitative estimate of drug-likeness (QED) is 0.838. The Hall–Kier alpha value is -1.02. The normalized spacial score (nSPS) is 34.0. The van der Waals surface area contributed by atoms with E-state index in [1.54, 1.807) is 0 Å². The molecule has 2 saturated carbocycles. The minimum Gasteiger partial charge on any atom is -0.371 e. The number of fused-ring (bicyclic) bond motifs is 1. The number of hydrogen-bond acceptors (Lipinski definition) is 2. The second kappa shape index (κ2) is 6.37. The zero-order valence-electron chi connectivity index (χ0n) is 15.6. The highest BCUT2D eigenvalue weighted by atomic mass is 15.1. The summed E-state index contributed by atoms with van der Waals surface area (Å²) in [5.74, 6) is 5.96. The van der Waals surface area contributed by atoms with E-state index in [1.807, 2.05) is 0 Å². The fourth-order valence-corrected chi connectivity index (χ4v) is 5.73. The highest BCUT2D eigenvalue weighted by molar-refractivity contribution is 5.55. The van der Waals surface area contributed by atoms with E-state index in [4.69, 9.17) is 5.73 Å². The molecule has 2 N–H and O–H groups in total. The predicted octanol–water partition coefficient (Wildman–Crippen LogP) is 4.85. The van der Waals surface area contributed by atoms with Gasteiger partial charge in [-0.3, -0.25) is 0 Å². The molecule has 2 aliphatic carbocycles. The molecule has 3 aliphatic rings. The average Bonchev–Trinajstić information content (AvgIpc) is 3.06. The van der Waals surface area contributed by atoms with Gasteiger partial charge in [0.15, 0.2) is 0 Å². The molecular weight excluding hydrogens is 292 g/mol. The van der Waals surface area contributed by atoms with Crippen molar-refractivity contribution in [1.29, 1.82) is 0 Å². The molecule has 5 unspecified atom stereocenters. The summed E-state index contributed by atoms with van der Waals surface area (Å²) in [6.07, 6.45) is 5.37. The van der Waals surface area contributed by atoms with Gasteiger partial charge >= 0.3 is 0 Å². The van der Waals surface area contributed by atoms with E-state index in [2.05, 4.69) is 49.9 Å². The van der Waals surface area contributed by atoms with Gasteiger partial charge in [0.1, 0.15) is 0 Å². The number of hydrogen-bond donors (Lipinski definition) is 1. The van der Waals surface area contributed by atoms with Gasteiger partial charge in [0.05, 0.1) is 0 Å². The highest BCUT2D eigenvalue weighted by Crippen LogP contribution is 2.67. The van der Waals surface area contributed by atoms with E-state index in [-0.39, 0.29) is 6.04 Å². The van der Waals surface area contributed by atoms with Crippen molar-refractivity contribution in [2.45, 2.75) is 52.5 Å². The second-order valence-electron chi connectivity index (χ2n) is 9.12. The first-order valence-electron chi connectivity index (χ1n) is 10.2. The lowest BCUT2D eigenvalue weighted by atomic mass is 9.72. The summed E-state index contributed by atoms with van der Waals surface area (Å²) in [6, 6.07) is 9.03. The lowest BCUT2D eigenvalue weighted by molar-refractivity contribution is 0.159. The zero-order valence-corrected chi connectivity index (χ0v) is 15.6. The third-order valence-corrected chi connectivity index (χ3v) is 7.22. The summed E-state index contributed by atoms with van der Waals surface area (Å²) in [5, 5.41) is 0. The van der Waals surface area contributed by atoms with E-state index >= 15 is 0 Å². The SMILES string of the molecule is CC(C)CC(N)c1ccccc1N1CCC(C2CC3C(C)C23)CC1. The fraction of sp³-hybridized carbons (Fsp3) is 0.727. The number of nitrogens with two attached hydrogens (primary N) is 1. The molecule has 0 radical (unpaired) electrons. The van der Waals surface area contributed by atoms with Crippen LogP contribution in [0, 0.1) is 35.5 Å². The van der Waals surface area contributed by atoms with Crippen LogP contribution in [0.25, 0.3) is 0 Å². The molecule has 2 heteroatoms. The van der Waals surface area contributed by atoms with Gasteiger partial charge in [-0.1, -0.05) is 39.0 Å². The molecule has 1 aromatic rings. The van der Waals surface area contributed by atoms with Crippen LogP contribution in [-0.2, 0) is 0 Å². The molecule has 24 heavy (non-hydrogen) atoms. The van der Waals surface area contributed by atoms with Crippen LogP contribution in [0.15, 0.2) is 24.3 Å². The van der Waals surface area contributed by atoms with Crippen LogP contribution in [0.1, 0.15) is 58.1 Å². The van der Waals surface area contributed by atoms with Crippen molar-refractivity contribution >= 4 is 5.69 Å². The van der Waals surface area contributed by atoms with Gasteiger partial charge in [0.25, 0.3) is 0 Å². The van der Waals surface area contributed by atoms with Gasteiger partial charge in [-0.05, 0) is 72.8 Å². The van der Waals surface area contributed by atoms with E-state index in [1.165, 1.54) is 43.6 Å². The van der Waals surface area contributed by atoms with Crippen molar-refractivity contribution in [3.05, 3.63) is 29.8 Å². The first-order chi connectivity index (χ1) is 11.6. The van der Waals surface area contributed by atoms with Crippen molar-refractivity contribution < 1.29 is 0 Å². The number of piperidine rings is 1. The van der Waals surface area contributed by atoms with Gasteiger partial charge < -0.3 is 10.6 Å². The molecule has 5 atom stereocenters. The van der Waals surface area contributed by atoms with Crippen LogP contribution < -0.4 is 10.6 Å². The minimum atomic E-state index is 0.165. The highest BCUT2D eigenvalue weighted by Gasteiger charge is 2.61. The topological polar surface area (TPSA) is 29.3 Å². The van der Waals surface area contributed by atoms with Crippen LogP contribution in [0.3, 0.4) is 0 Å². The van der Waals surface area contributed by atoms with Crippen LogP contribution >= 0.6 is 0 Å². The average molecular weight is 327 g/mol. The second-order valence-corrected chi connectivity index (χ2v) is 9.12. The Labute approximate surface area is 147 Å². The lowest BCUT2D eigenvalue weighted by Crippen LogP contribution is -2.39. The van der Waals surface area contributed by atoms with Crippen LogP contribution in [0.5, 0.6) is 0 Å². The summed E-state index contributed by atoms with van der Waals surface area (Å²) in [4.78, 5) is 2.61. The fourth-order valence-electron chi connectivity index (χ4n) is 5.73. The molecular formula is C22H34N2. The number of nitrogens with zero attached hydrogens (tertiary/aromatic N) is 1. The van der Waals surface area contributed by atoms with Gasteiger partial charge in [-0.2, -0.15) is 0 Å². The summed E-state index contributed by atoms with van der Waals surface area (Å²) in [5.41, 5.74) is 9.27. The van der Waals surface area contributed by atoms with Gasteiger partial charge in [-0.25, -0.2) is 0 Å². The molecule has 1 heterocycles. The van der Waals surface area contributed by atoms with Crippen molar-refractivity contribution in [2.75, 3.05) is 18.0 Å². The van der Waals surface area contributed by atoms with Crippen molar-refractivity contribution in [3.63, 3.8) is 0 Å². The molecule has 3 fully saturated rings. The molecule has 1 aliphatic heterocycles. The predicted molar refractivity (Wildman–Crippen MR) is 102 cm³/mol. The van der Waals surface area contributed by atoms with E-state index < -0.39 is 0 Å². The molecule has 4 rings (SSSR count). The Balaban J connectivity index is 1.40. The van der Waals surface area contributed by atoms with Gasteiger partial charge in [-0.15, -0.1) is 0 Å². The molecule has 0 amide bonds. The third kappa shape index (κ3) is 2.87. The van der Waals surface area contributed by atoms with Crippen molar-refractivity contribution in [3.8, 4) is 0 Å². The lowest BCUT2D eigenvalue weighted by Gasteiger charge is -2.41. The third-order valence-electron chi connectivity index (χ3n) is 7.22. The monoisotopic (exact) mass is 326 g/mol. The number of para-hydroxylation sites is 1. The first-order valence-corrected chi connectivity index (χ1v) is 10.2. The Morgan fingerprint density at radius 2 is 1.83 bits per heavy atom. The van der Waals surface area contributed by atoms with Crippen molar-refractivity contribution in [1.82, 2.24) is 0 Å². The summed E-state index contributed by atoms with van der Waals surface area (Å²) < 4.78 is 0. The molecule has 1 aromatic carbocycles. The smallest absolute Gasteiger partial charge is 0.0414 e. The maximum Gasteiger partial charge on any atom is 0.0414 e. The molecule has 0 bridgehead atoms. The van der Waals surface area contributed by atoms with Crippen LogP contribution in [0.4, 0.5) is 5.69 Å². The largest absolute Gasteiger partial charge is 0.371 e. The Kier molecular flexibility index (Phi) is 4.36. The summed E-state index contributed by atoms with van der Waals surface area (Å²) in [6.45, 7) is 9.44. The zero-order chi connectivity index (χ0) is 16.8. The van der Waals surface area contributed by atoms with E-state index in [0.29, 0.717) is 5.92 Å².